The van der Waals surface area contributed by atoms with Gasteiger partial charge in [-0.1, -0.05) is 50.2 Å². The van der Waals surface area contributed by atoms with Gasteiger partial charge in [0.1, 0.15) is 0 Å². The van der Waals surface area contributed by atoms with E-state index in [4.69, 9.17) is 0 Å². The SMILES string of the molecule is CC1(C)C=Nc2ccccc21.O=C1Cc2ccccc2N1. The van der Waals surface area contributed by atoms with Crippen molar-refractivity contribution in [3.63, 3.8) is 0 Å². The summed E-state index contributed by atoms with van der Waals surface area (Å²) in [6.45, 7) is 4.37. The fourth-order valence-corrected chi connectivity index (χ4v) is 2.60. The van der Waals surface area contributed by atoms with Gasteiger partial charge in [-0.15, -0.1) is 0 Å². The number of carbonyl (C=O) groups is 1. The lowest BCUT2D eigenvalue weighted by molar-refractivity contribution is -0.115. The minimum absolute atomic E-state index is 0.0983. The van der Waals surface area contributed by atoms with Crippen molar-refractivity contribution >= 4 is 23.5 Å². The van der Waals surface area contributed by atoms with Crippen molar-refractivity contribution in [1.29, 1.82) is 0 Å². The number of aliphatic imine (C=N–C) groups is 1. The third-order valence-electron chi connectivity index (χ3n) is 3.77. The maximum absolute atomic E-state index is 10.8. The Kier molecular flexibility index (Phi) is 3.34. The summed E-state index contributed by atoms with van der Waals surface area (Å²) in [5, 5.41) is 2.76. The lowest BCUT2D eigenvalue weighted by Gasteiger charge is -2.14. The molecule has 0 aliphatic carbocycles. The van der Waals surface area contributed by atoms with E-state index >= 15 is 0 Å². The van der Waals surface area contributed by atoms with Gasteiger partial charge in [-0.3, -0.25) is 9.79 Å². The van der Waals surface area contributed by atoms with Crippen LogP contribution >= 0.6 is 0 Å². The van der Waals surface area contributed by atoms with Crippen LogP contribution in [0.5, 0.6) is 0 Å². The number of carbonyl (C=O) groups excluding carboxylic acids is 1. The van der Waals surface area contributed by atoms with E-state index in [9.17, 15) is 4.79 Å². The van der Waals surface area contributed by atoms with Crippen LogP contribution in [-0.4, -0.2) is 12.1 Å². The van der Waals surface area contributed by atoms with Crippen molar-refractivity contribution in [2.75, 3.05) is 5.32 Å². The van der Waals surface area contributed by atoms with Crippen LogP contribution in [0.1, 0.15) is 25.0 Å². The van der Waals surface area contributed by atoms with Crippen LogP contribution in [0.25, 0.3) is 0 Å². The summed E-state index contributed by atoms with van der Waals surface area (Å²) in [7, 11) is 0. The third kappa shape index (κ3) is 2.72. The fourth-order valence-electron chi connectivity index (χ4n) is 2.60. The number of nitrogens with zero attached hydrogens (tertiary/aromatic N) is 1. The summed E-state index contributed by atoms with van der Waals surface area (Å²) in [6, 6.07) is 16.0. The molecule has 0 bridgehead atoms. The second-order valence-corrected chi connectivity index (χ2v) is 5.88. The van der Waals surface area contributed by atoms with E-state index in [1.165, 1.54) is 5.56 Å². The van der Waals surface area contributed by atoms with Crippen LogP contribution in [0.2, 0.25) is 0 Å². The predicted molar refractivity (Wildman–Crippen MR) is 86.4 cm³/mol. The van der Waals surface area contributed by atoms with Crippen LogP contribution in [0, 0.1) is 0 Å². The molecule has 3 nitrogen and oxygen atoms in total. The summed E-state index contributed by atoms with van der Waals surface area (Å²) >= 11 is 0. The van der Waals surface area contributed by atoms with E-state index in [0.29, 0.717) is 6.42 Å². The average Bonchev–Trinajstić information content (AvgIpc) is 2.99. The Labute approximate surface area is 124 Å². The number of benzene rings is 2. The van der Waals surface area contributed by atoms with Crippen molar-refractivity contribution in [2.24, 2.45) is 4.99 Å². The molecule has 3 heteroatoms. The van der Waals surface area contributed by atoms with Crippen LogP contribution < -0.4 is 5.32 Å². The number of anilines is 1. The molecular formula is C18H18N2O. The van der Waals surface area contributed by atoms with E-state index < -0.39 is 0 Å². The fraction of sp³-hybridized carbons (Fsp3) is 0.222. The zero-order valence-corrected chi connectivity index (χ0v) is 12.3. The predicted octanol–water partition coefficient (Wildman–Crippen LogP) is 3.86. The van der Waals surface area contributed by atoms with E-state index in [0.717, 1.165) is 16.9 Å². The van der Waals surface area contributed by atoms with Crippen LogP contribution in [0.4, 0.5) is 11.4 Å². The first-order valence-corrected chi connectivity index (χ1v) is 7.09. The molecule has 0 fully saturated rings. The van der Waals surface area contributed by atoms with Crippen LogP contribution in [0.3, 0.4) is 0 Å². The maximum Gasteiger partial charge on any atom is 0.228 e. The minimum atomic E-state index is 0.0983. The van der Waals surface area contributed by atoms with Crippen molar-refractivity contribution in [3.8, 4) is 0 Å². The Morgan fingerprint density at radius 3 is 2.52 bits per heavy atom. The van der Waals surface area contributed by atoms with Gasteiger partial charge < -0.3 is 5.32 Å². The lowest BCUT2D eigenvalue weighted by atomic mass is 9.87. The summed E-state index contributed by atoms with van der Waals surface area (Å²) in [6.07, 6.45) is 2.55. The number of rotatable bonds is 0. The molecule has 0 spiro atoms. The van der Waals surface area contributed by atoms with E-state index in [1.54, 1.807) is 0 Å². The number of para-hydroxylation sites is 2. The van der Waals surface area contributed by atoms with Gasteiger partial charge in [0.2, 0.25) is 5.91 Å². The standard InChI is InChI=1S/C10H11N.C8H7NO/c1-10(2)7-11-9-6-4-3-5-8(9)10;10-8-5-6-3-1-2-4-7(6)9-8/h3-7H,1-2H3;1-4H,5H2,(H,9,10). The molecule has 0 saturated heterocycles. The summed E-state index contributed by atoms with van der Waals surface area (Å²) in [4.78, 5) is 15.1. The first-order valence-electron chi connectivity index (χ1n) is 7.09. The van der Waals surface area contributed by atoms with Gasteiger partial charge in [0.15, 0.2) is 0 Å². The molecule has 0 radical (unpaired) electrons. The Bertz CT molecular complexity index is 690. The highest BCUT2D eigenvalue weighted by Gasteiger charge is 2.25. The highest BCUT2D eigenvalue weighted by Crippen LogP contribution is 2.35. The number of nitrogens with one attached hydrogen (secondary N) is 1. The van der Waals surface area contributed by atoms with Gasteiger partial charge in [-0.25, -0.2) is 0 Å². The van der Waals surface area contributed by atoms with Gasteiger partial charge in [-0.05, 0) is 23.3 Å². The van der Waals surface area contributed by atoms with Gasteiger partial charge >= 0.3 is 0 Å². The summed E-state index contributed by atoms with van der Waals surface area (Å²) in [5.74, 6) is 0.0983. The molecule has 2 aromatic carbocycles. The number of amides is 1. The first kappa shape index (κ1) is 13.6. The molecule has 1 amide bonds. The number of hydrogen-bond acceptors (Lipinski definition) is 2. The highest BCUT2D eigenvalue weighted by atomic mass is 16.1. The molecule has 2 aliphatic rings. The van der Waals surface area contributed by atoms with Crippen molar-refractivity contribution < 1.29 is 4.79 Å². The van der Waals surface area contributed by atoms with Crippen molar-refractivity contribution in [1.82, 2.24) is 0 Å². The molecule has 0 unspecified atom stereocenters. The molecular weight excluding hydrogens is 260 g/mol. The van der Waals surface area contributed by atoms with Crippen LogP contribution in [0.15, 0.2) is 53.5 Å². The molecule has 2 aliphatic heterocycles. The van der Waals surface area contributed by atoms with Gasteiger partial charge in [-0.2, -0.15) is 0 Å². The molecule has 21 heavy (non-hydrogen) atoms. The zero-order chi connectivity index (χ0) is 14.9. The molecule has 0 aromatic heterocycles. The van der Waals surface area contributed by atoms with Gasteiger partial charge in [0, 0.05) is 17.3 Å². The largest absolute Gasteiger partial charge is 0.326 e. The summed E-state index contributed by atoms with van der Waals surface area (Å²) in [5.41, 5.74) is 4.66. The second kappa shape index (κ2) is 5.17. The molecule has 106 valence electrons. The van der Waals surface area contributed by atoms with E-state index in [-0.39, 0.29) is 11.3 Å². The smallest absolute Gasteiger partial charge is 0.228 e. The molecule has 1 N–H and O–H groups in total. The molecule has 4 rings (SSSR count). The Hall–Kier alpha value is -2.42. The molecule has 2 heterocycles. The molecule has 2 aromatic rings. The quantitative estimate of drug-likeness (QED) is 0.781. The topological polar surface area (TPSA) is 41.5 Å². The number of fused-ring (bicyclic) bond motifs is 2. The Morgan fingerprint density at radius 1 is 1.05 bits per heavy atom. The number of hydrogen-bond donors (Lipinski definition) is 1. The lowest BCUT2D eigenvalue weighted by Crippen LogP contribution is -2.14. The van der Waals surface area contributed by atoms with Crippen molar-refractivity contribution in [2.45, 2.75) is 25.7 Å². The van der Waals surface area contributed by atoms with Crippen LogP contribution in [-0.2, 0) is 16.6 Å². The third-order valence-corrected chi connectivity index (χ3v) is 3.77. The zero-order valence-electron chi connectivity index (χ0n) is 12.3. The minimum Gasteiger partial charge on any atom is -0.326 e. The second-order valence-electron chi connectivity index (χ2n) is 5.88. The Morgan fingerprint density at radius 2 is 1.76 bits per heavy atom. The molecule has 0 saturated carbocycles. The normalized spacial score (nSPS) is 16.6. The summed E-state index contributed by atoms with van der Waals surface area (Å²) < 4.78 is 0. The van der Waals surface area contributed by atoms with Crippen molar-refractivity contribution in [3.05, 3.63) is 59.7 Å². The van der Waals surface area contributed by atoms with Gasteiger partial charge in [0.05, 0.1) is 12.1 Å². The highest BCUT2D eigenvalue weighted by molar-refractivity contribution is 5.98. The van der Waals surface area contributed by atoms with E-state index in [1.807, 2.05) is 36.5 Å². The van der Waals surface area contributed by atoms with E-state index in [2.05, 4.69) is 42.4 Å². The monoisotopic (exact) mass is 278 g/mol. The van der Waals surface area contributed by atoms with Gasteiger partial charge in [0.25, 0.3) is 0 Å². The molecule has 0 atom stereocenters. The maximum atomic E-state index is 10.8. The Balaban J connectivity index is 0.000000126. The average molecular weight is 278 g/mol. The first-order chi connectivity index (χ1) is 10.1.